The first-order valence-electron chi connectivity index (χ1n) is 7.16. The normalized spacial score (nSPS) is 41.1. The molecule has 0 radical (unpaired) electrons. The van der Waals surface area contributed by atoms with Crippen LogP contribution in [0.4, 0.5) is 0 Å². The molecule has 0 bridgehead atoms. The quantitative estimate of drug-likeness (QED) is 0.739. The molecule has 100 valence electrons. The predicted octanol–water partition coefficient (Wildman–Crippen LogP) is 1.45. The maximum atomic E-state index is 10.4. The molecule has 0 heterocycles. The van der Waals surface area contributed by atoms with Gasteiger partial charge in [0.15, 0.2) is 0 Å². The average Bonchev–Trinajstić information content (AvgIpc) is 2.85. The van der Waals surface area contributed by atoms with Crippen LogP contribution in [0.3, 0.4) is 0 Å². The lowest BCUT2D eigenvalue weighted by atomic mass is 9.88. The maximum absolute atomic E-state index is 10.4. The van der Waals surface area contributed by atoms with E-state index in [0.29, 0.717) is 12.5 Å². The minimum Gasteiger partial charge on any atom is -0.388 e. The molecule has 0 aromatic carbocycles. The molecule has 0 aliphatic heterocycles. The lowest BCUT2D eigenvalue weighted by Crippen LogP contribution is -2.42. The fourth-order valence-electron chi connectivity index (χ4n) is 3.33. The third kappa shape index (κ3) is 3.21. The molecule has 17 heavy (non-hydrogen) atoms. The summed E-state index contributed by atoms with van der Waals surface area (Å²) in [6.45, 7) is 5.11. The van der Waals surface area contributed by atoms with Gasteiger partial charge in [-0.1, -0.05) is 13.3 Å². The van der Waals surface area contributed by atoms with Crippen molar-refractivity contribution in [3.05, 3.63) is 0 Å². The van der Waals surface area contributed by atoms with E-state index >= 15 is 0 Å². The van der Waals surface area contributed by atoms with Crippen molar-refractivity contribution < 1.29 is 5.11 Å². The van der Waals surface area contributed by atoms with Gasteiger partial charge in [-0.15, -0.1) is 0 Å². The Labute approximate surface area is 105 Å². The topological polar surface area (TPSA) is 49.5 Å². The second-order valence-electron chi connectivity index (χ2n) is 6.42. The predicted molar refractivity (Wildman–Crippen MR) is 70.7 cm³/mol. The molecule has 2 aliphatic rings. The highest BCUT2D eigenvalue weighted by molar-refractivity contribution is 4.93. The summed E-state index contributed by atoms with van der Waals surface area (Å²) < 4.78 is 0. The van der Waals surface area contributed by atoms with Crippen molar-refractivity contribution in [2.75, 3.05) is 26.7 Å². The Morgan fingerprint density at radius 3 is 2.76 bits per heavy atom. The maximum Gasteiger partial charge on any atom is 0.0797 e. The largest absolute Gasteiger partial charge is 0.388 e. The molecule has 4 unspecified atom stereocenters. The molecule has 2 saturated carbocycles. The third-order valence-corrected chi connectivity index (χ3v) is 4.96. The molecule has 0 saturated heterocycles. The number of hydrogen-bond acceptors (Lipinski definition) is 3. The Morgan fingerprint density at radius 2 is 2.18 bits per heavy atom. The van der Waals surface area contributed by atoms with Gasteiger partial charge in [-0.2, -0.15) is 0 Å². The zero-order valence-electron chi connectivity index (χ0n) is 11.4. The molecule has 3 heteroatoms. The van der Waals surface area contributed by atoms with E-state index in [0.717, 1.165) is 44.1 Å². The van der Waals surface area contributed by atoms with Crippen molar-refractivity contribution >= 4 is 0 Å². The lowest BCUT2D eigenvalue weighted by Gasteiger charge is -2.30. The van der Waals surface area contributed by atoms with Gasteiger partial charge >= 0.3 is 0 Å². The molecular weight excluding hydrogens is 212 g/mol. The Hall–Kier alpha value is -0.120. The molecule has 2 aliphatic carbocycles. The molecular formula is C14H28N2O. The molecule has 0 aromatic rings. The fourth-order valence-corrected chi connectivity index (χ4v) is 3.33. The second-order valence-corrected chi connectivity index (χ2v) is 6.42. The van der Waals surface area contributed by atoms with Gasteiger partial charge in [0, 0.05) is 13.1 Å². The van der Waals surface area contributed by atoms with Gasteiger partial charge in [0.25, 0.3) is 0 Å². The van der Waals surface area contributed by atoms with Crippen LogP contribution in [0.25, 0.3) is 0 Å². The summed E-state index contributed by atoms with van der Waals surface area (Å²) in [5, 5.41) is 10.4. The van der Waals surface area contributed by atoms with Gasteiger partial charge in [0.2, 0.25) is 0 Å². The summed E-state index contributed by atoms with van der Waals surface area (Å²) in [6, 6.07) is 0. The van der Waals surface area contributed by atoms with E-state index in [1.807, 2.05) is 0 Å². The van der Waals surface area contributed by atoms with E-state index in [1.54, 1.807) is 0 Å². The van der Waals surface area contributed by atoms with Crippen LogP contribution in [0.1, 0.15) is 39.0 Å². The van der Waals surface area contributed by atoms with Crippen LogP contribution >= 0.6 is 0 Å². The highest BCUT2D eigenvalue weighted by Crippen LogP contribution is 2.39. The first-order chi connectivity index (χ1) is 8.05. The zero-order chi connectivity index (χ0) is 12.5. The van der Waals surface area contributed by atoms with E-state index in [-0.39, 0.29) is 0 Å². The molecule has 3 N–H and O–H groups in total. The molecule has 4 atom stereocenters. The molecule has 2 fully saturated rings. The van der Waals surface area contributed by atoms with Gasteiger partial charge in [-0.05, 0) is 57.0 Å². The van der Waals surface area contributed by atoms with Crippen molar-refractivity contribution in [1.29, 1.82) is 0 Å². The minimum absolute atomic E-state index is 0.423. The highest BCUT2D eigenvalue weighted by atomic mass is 16.3. The summed E-state index contributed by atoms with van der Waals surface area (Å²) in [4.78, 5) is 2.43. The van der Waals surface area contributed by atoms with Crippen LogP contribution < -0.4 is 5.73 Å². The monoisotopic (exact) mass is 240 g/mol. The minimum atomic E-state index is -0.562. The molecule has 0 aromatic heterocycles. The van der Waals surface area contributed by atoms with Crippen molar-refractivity contribution in [1.82, 2.24) is 4.90 Å². The van der Waals surface area contributed by atoms with E-state index in [4.69, 9.17) is 5.73 Å². The number of aliphatic hydroxyl groups is 1. The molecule has 3 nitrogen and oxygen atoms in total. The van der Waals surface area contributed by atoms with Gasteiger partial charge in [0.1, 0.15) is 0 Å². The Bertz CT molecular complexity index is 259. The fraction of sp³-hybridized carbons (Fsp3) is 1.00. The van der Waals surface area contributed by atoms with Crippen molar-refractivity contribution in [3.63, 3.8) is 0 Å². The van der Waals surface area contributed by atoms with Crippen molar-refractivity contribution in [3.8, 4) is 0 Å². The van der Waals surface area contributed by atoms with E-state index in [1.165, 1.54) is 13.0 Å². The molecule has 0 spiro atoms. The van der Waals surface area contributed by atoms with E-state index in [2.05, 4.69) is 18.9 Å². The standard InChI is InChI=1S/C14H28N2O/c1-11-8-12(11)9-16(2)7-5-13-4-3-6-14(13,17)10-15/h11-13,17H,3-10,15H2,1-2H3. The summed E-state index contributed by atoms with van der Waals surface area (Å²) in [6.07, 6.45) is 5.70. The van der Waals surface area contributed by atoms with Gasteiger partial charge in [0.05, 0.1) is 5.60 Å². The average molecular weight is 240 g/mol. The Morgan fingerprint density at radius 1 is 1.47 bits per heavy atom. The van der Waals surface area contributed by atoms with Crippen LogP contribution in [0, 0.1) is 17.8 Å². The summed E-state index contributed by atoms with van der Waals surface area (Å²) >= 11 is 0. The van der Waals surface area contributed by atoms with Crippen molar-refractivity contribution in [2.24, 2.45) is 23.5 Å². The summed E-state index contributed by atoms with van der Waals surface area (Å²) in [5.74, 6) is 2.29. The summed E-state index contributed by atoms with van der Waals surface area (Å²) in [5.41, 5.74) is 5.15. The number of nitrogens with two attached hydrogens (primary N) is 1. The van der Waals surface area contributed by atoms with Crippen LogP contribution in [0.15, 0.2) is 0 Å². The van der Waals surface area contributed by atoms with Crippen molar-refractivity contribution in [2.45, 2.75) is 44.6 Å². The lowest BCUT2D eigenvalue weighted by molar-refractivity contribution is 0.00522. The van der Waals surface area contributed by atoms with E-state index < -0.39 is 5.60 Å². The van der Waals surface area contributed by atoms with E-state index in [9.17, 15) is 5.11 Å². The highest BCUT2D eigenvalue weighted by Gasteiger charge is 2.39. The van der Waals surface area contributed by atoms with Gasteiger partial charge < -0.3 is 15.7 Å². The SMILES string of the molecule is CC1CC1CN(C)CCC1CCCC1(O)CN. The third-order valence-electron chi connectivity index (χ3n) is 4.96. The number of nitrogens with zero attached hydrogens (tertiary/aromatic N) is 1. The van der Waals surface area contributed by atoms with Gasteiger partial charge in [-0.3, -0.25) is 0 Å². The van der Waals surface area contributed by atoms with Gasteiger partial charge in [-0.25, -0.2) is 0 Å². The Kier molecular flexibility index (Phi) is 4.11. The van der Waals surface area contributed by atoms with Crippen LogP contribution in [0.2, 0.25) is 0 Å². The molecule has 0 amide bonds. The zero-order valence-corrected chi connectivity index (χ0v) is 11.4. The summed E-state index contributed by atoms with van der Waals surface area (Å²) in [7, 11) is 2.21. The van der Waals surface area contributed by atoms with Crippen LogP contribution in [-0.4, -0.2) is 42.3 Å². The number of hydrogen-bond donors (Lipinski definition) is 2. The smallest absolute Gasteiger partial charge is 0.0797 e. The first kappa shape index (κ1) is 13.3. The molecule has 2 rings (SSSR count). The Balaban J connectivity index is 1.70. The number of rotatable bonds is 6. The first-order valence-corrected chi connectivity index (χ1v) is 7.16. The second kappa shape index (κ2) is 5.25. The van der Waals surface area contributed by atoms with Crippen LogP contribution in [-0.2, 0) is 0 Å². The van der Waals surface area contributed by atoms with Crippen LogP contribution in [0.5, 0.6) is 0 Å².